The number of hydrogen-bond acceptors (Lipinski definition) is 2. The van der Waals surface area contributed by atoms with E-state index in [-0.39, 0.29) is 23.2 Å². The Morgan fingerprint density at radius 2 is 2.00 bits per heavy atom. The van der Waals surface area contributed by atoms with Gasteiger partial charge in [0, 0.05) is 5.92 Å². The van der Waals surface area contributed by atoms with Crippen LogP contribution in [0.25, 0.3) is 0 Å². The van der Waals surface area contributed by atoms with Gasteiger partial charge in [-0.15, -0.1) is 0 Å². The molecule has 0 aromatic heterocycles. The highest BCUT2D eigenvalue weighted by Crippen LogP contribution is 2.65. The number of carbonyl (C=O) groups excluding carboxylic acids is 1. The quantitative estimate of drug-likeness (QED) is 0.577. The molecule has 0 spiro atoms. The second-order valence-corrected chi connectivity index (χ2v) is 6.42. The monoisotopic (exact) mass is 314 g/mol. The van der Waals surface area contributed by atoms with Gasteiger partial charge in [0.2, 0.25) is 0 Å². The van der Waals surface area contributed by atoms with Crippen LogP contribution in [0, 0.1) is 11.3 Å². The molecule has 0 aliphatic heterocycles. The SMILES string of the molecule is CCCCOC(=O)[C@H]1[C@H](c2cccc(C(F)(F)F)c2)C1(C)C. The van der Waals surface area contributed by atoms with Crippen molar-refractivity contribution in [1.82, 2.24) is 0 Å². The van der Waals surface area contributed by atoms with Crippen molar-refractivity contribution in [2.45, 2.75) is 45.7 Å². The summed E-state index contributed by atoms with van der Waals surface area (Å²) in [5.74, 6) is -0.891. The van der Waals surface area contributed by atoms with E-state index in [1.807, 2.05) is 20.8 Å². The molecule has 2 rings (SSSR count). The summed E-state index contributed by atoms with van der Waals surface area (Å²) in [6.45, 7) is 6.16. The molecule has 1 saturated carbocycles. The zero-order valence-corrected chi connectivity index (χ0v) is 13.0. The Hall–Kier alpha value is -1.52. The molecule has 1 aliphatic carbocycles. The Morgan fingerprint density at radius 1 is 1.32 bits per heavy atom. The fourth-order valence-electron chi connectivity index (χ4n) is 3.02. The second-order valence-electron chi connectivity index (χ2n) is 6.42. The van der Waals surface area contributed by atoms with Crippen LogP contribution in [0.3, 0.4) is 0 Å². The van der Waals surface area contributed by atoms with Gasteiger partial charge in [0.25, 0.3) is 0 Å². The average molecular weight is 314 g/mol. The van der Waals surface area contributed by atoms with Gasteiger partial charge in [-0.1, -0.05) is 45.4 Å². The Morgan fingerprint density at radius 3 is 2.59 bits per heavy atom. The van der Waals surface area contributed by atoms with E-state index in [1.165, 1.54) is 6.07 Å². The smallest absolute Gasteiger partial charge is 0.416 e. The summed E-state index contributed by atoms with van der Waals surface area (Å²) in [5.41, 5.74) is -0.490. The third-order valence-corrected chi connectivity index (χ3v) is 4.40. The van der Waals surface area contributed by atoms with E-state index in [0.717, 1.165) is 25.0 Å². The summed E-state index contributed by atoms with van der Waals surface area (Å²) < 4.78 is 43.7. The molecule has 22 heavy (non-hydrogen) atoms. The van der Waals surface area contributed by atoms with Gasteiger partial charge >= 0.3 is 12.1 Å². The second kappa shape index (κ2) is 5.94. The highest BCUT2D eigenvalue weighted by molar-refractivity contribution is 5.79. The number of benzene rings is 1. The van der Waals surface area contributed by atoms with Crippen LogP contribution < -0.4 is 0 Å². The lowest BCUT2D eigenvalue weighted by Crippen LogP contribution is -2.11. The molecule has 122 valence electrons. The average Bonchev–Trinajstić information content (AvgIpc) is 3.01. The number of ether oxygens (including phenoxy) is 1. The molecule has 0 saturated heterocycles. The first kappa shape index (κ1) is 16.8. The highest BCUT2D eigenvalue weighted by atomic mass is 19.4. The van der Waals surface area contributed by atoms with Gasteiger partial charge in [0.15, 0.2) is 0 Å². The molecule has 2 atom stereocenters. The first-order chi connectivity index (χ1) is 10.2. The zero-order chi connectivity index (χ0) is 16.5. The van der Waals surface area contributed by atoms with Crippen molar-refractivity contribution in [3.63, 3.8) is 0 Å². The predicted octanol–water partition coefficient (Wildman–Crippen LogP) is 4.79. The molecule has 5 heteroatoms. The lowest BCUT2D eigenvalue weighted by atomic mass is 10.0. The molecule has 0 N–H and O–H groups in total. The summed E-state index contributed by atoms with van der Waals surface area (Å²) >= 11 is 0. The van der Waals surface area contributed by atoms with Gasteiger partial charge in [-0.05, 0) is 23.5 Å². The van der Waals surface area contributed by atoms with E-state index in [0.29, 0.717) is 12.2 Å². The van der Waals surface area contributed by atoms with E-state index in [9.17, 15) is 18.0 Å². The molecule has 2 nitrogen and oxygen atoms in total. The van der Waals surface area contributed by atoms with Crippen LogP contribution in [0.4, 0.5) is 13.2 Å². The number of unbranched alkanes of at least 4 members (excludes halogenated alkanes) is 1. The fraction of sp³-hybridized carbons (Fsp3) is 0.588. The maximum absolute atomic E-state index is 12.8. The number of esters is 1. The maximum atomic E-state index is 12.8. The van der Waals surface area contributed by atoms with Crippen molar-refractivity contribution in [2.24, 2.45) is 11.3 Å². The number of rotatable bonds is 5. The molecule has 1 aromatic rings. The number of hydrogen-bond donors (Lipinski definition) is 0. The van der Waals surface area contributed by atoms with Gasteiger partial charge in [0.05, 0.1) is 18.1 Å². The summed E-state index contributed by atoms with van der Waals surface area (Å²) in [6.07, 6.45) is -2.64. The van der Waals surface area contributed by atoms with Crippen LogP contribution in [0.5, 0.6) is 0 Å². The van der Waals surface area contributed by atoms with Crippen molar-refractivity contribution in [1.29, 1.82) is 0 Å². The molecule has 1 aliphatic rings. The lowest BCUT2D eigenvalue weighted by molar-refractivity contribution is -0.146. The third kappa shape index (κ3) is 3.28. The Balaban J connectivity index is 2.14. The molecule has 0 unspecified atom stereocenters. The summed E-state index contributed by atoms with van der Waals surface area (Å²) in [5, 5.41) is 0. The molecule has 0 amide bonds. The van der Waals surface area contributed by atoms with Crippen LogP contribution in [0.15, 0.2) is 24.3 Å². The minimum Gasteiger partial charge on any atom is -0.465 e. The molecule has 0 radical (unpaired) electrons. The van der Waals surface area contributed by atoms with E-state index in [1.54, 1.807) is 6.07 Å². The minimum atomic E-state index is -4.37. The van der Waals surface area contributed by atoms with Crippen molar-refractivity contribution >= 4 is 5.97 Å². The van der Waals surface area contributed by atoms with Gasteiger partial charge in [-0.3, -0.25) is 4.79 Å². The molecule has 1 fully saturated rings. The standard InChI is InChI=1S/C17H21F3O2/c1-4-5-9-22-15(21)14-13(16(14,2)3)11-7-6-8-12(10-11)17(18,19)20/h6-8,10,13-14H,4-5,9H2,1-3H3/t13-,14+/m0/s1. The first-order valence-electron chi connectivity index (χ1n) is 7.53. The van der Waals surface area contributed by atoms with Gasteiger partial charge in [-0.25, -0.2) is 0 Å². The van der Waals surface area contributed by atoms with Crippen LogP contribution in [-0.2, 0) is 15.7 Å². The van der Waals surface area contributed by atoms with E-state index >= 15 is 0 Å². The summed E-state index contributed by atoms with van der Waals surface area (Å²) in [7, 11) is 0. The van der Waals surface area contributed by atoms with Crippen molar-refractivity contribution in [3.05, 3.63) is 35.4 Å². The number of alkyl halides is 3. The van der Waals surface area contributed by atoms with Crippen LogP contribution >= 0.6 is 0 Å². The highest BCUT2D eigenvalue weighted by Gasteiger charge is 2.63. The molecule has 0 bridgehead atoms. The van der Waals surface area contributed by atoms with Crippen molar-refractivity contribution in [2.75, 3.05) is 6.61 Å². The molecule has 1 aromatic carbocycles. The minimum absolute atomic E-state index is 0.219. The van der Waals surface area contributed by atoms with Gasteiger partial charge in [-0.2, -0.15) is 13.2 Å². The lowest BCUT2D eigenvalue weighted by Gasteiger charge is -2.09. The molecular formula is C17H21F3O2. The maximum Gasteiger partial charge on any atom is 0.416 e. The van der Waals surface area contributed by atoms with Crippen molar-refractivity contribution in [3.8, 4) is 0 Å². The normalized spacial score (nSPS) is 23.2. The van der Waals surface area contributed by atoms with E-state index in [2.05, 4.69) is 0 Å². The van der Waals surface area contributed by atoms with Gasteiger partial charge in [0.1, 0.15) is 0 Å². The van der Waals surface area contributed by atoms with E-state index < -0.39 is 11.7 Å². The Kier molecular flexibility index (Phi) is 4.54. The molecular weight excluding hydrogens is 293 g/mol. The number of halogens is 3. The topological polar surface area (TPSA) is 26.3 Å². The number of carbonyl (C=O) groups is 1. The van der Waals surface area contributed by atoms with Gasteiger partial charge < -0.3 is 4.74 Å². The van der Waals surface area contributed by atoms with E-state index in [4.69, 9.17) is 4.74 Å². The Labute approximate surface area is 128 Å². The first-order valence-corrected chi connectivity index (χ1v) is 7.53. The predicted molar refractivity (Wildman–Crippen MR) is 77.3 cm³/mol. The largest absolute Gasteiger partial charge is 0.465 e. The molecule has 0 heterocycles. The fourth-order valence-corrected chi connectivity index (χ4v) is 3.02. The Bertz CT molecular complexity index is 549. The van der Waals surface area contributed by atoms with Crippen molar-refractivity contribution < 1.29 is 22.7 Å². The summed E-state index contributed by atoms with van der Waals surface area (Å²) in [4.78, 5) is 12.1. The van der Waals surface area contributed by atoms with Crippen LogP contribution in [-0.4, -0.2) is 12.6 Å². The van der Waals surface area contributed by atoms with Crippen LogP contribution in [0.1, 0.15) is 50.7 Å². The van der Waals surface area contributed by atoms with Crippen LogP contribution in [0.2, 0.25) is 0 Å². The summed E-state index contributed by atoms with van der Waals surface area (Å²) in [6, 6.07) is 5.24. The zero-order valence-electron chi connectivity index (χ0n) is 13.0. The third-order valence-electron chi connectivity index (χ3n) is 4.40.